The molecule has 0 aromatic heterocycles. The molecule has 1 saturated heterocycles. The number of nitrogens with zero attached hydrogens (tertiary/aromatic N) is 2. The molecule has 1 heterocycles. The number of anilines is 1. The van der Waals surface area contributed by atoms with Crippen molar-refractivity contribution < 1.29 is 4.79 Å². The standard InChI is InChI=1S/C17H25Cl2N3O/c1-2-7-20-17(23)4-3-8-21-9-11-22(12-10-21)14-5-6-15(18)16(19)13-14/h5-6,13H,2-4,7-12H2,1H3,(H,20,23). The summed E-state index contributed by atoms with van der Waals surface area (Å²) in [6, 6.07) is 5.79. The van der Waals surface area contributed by atoms with Crippen molar-refractivity contribution in [1.82, 2.24) is 10.2 Å². The van der Waals surface area contributed by atoms with Gasteiger partial charge in [-0.1, -0.05) is 30.1 Å². The van der Waals surface area contributed by atoms with Gasteiger partial charge in [0.05, 0.1) is 10.0 Å². The van der Waals surface area contributed by atoms with E-state index in [-0.39, 0.29) is 5.91 Å². The number of carbonyl (C=O) groups excluding carboxylic acids is 1. The molecule has 0 spiro atoms. The third-order valence-electron chi connectivity index (χ3n) is 4.09. The van der Waals surface area contributed by atoms with Crippen LogP contribution in [-0.4, -0.2) is 50.1 Å². The van der Waals surface area contributed by atoms with E-state index in [9.17, 15) is 4.79 Å². The Hall–Kier alpha value is -0.970. The fraction of sp³-hybridized carbons (Fsp3) is 0.588. The molecule has 0 aliphatic carbocycles. The summed E-state index contributed by atoms with van der Waals surface area (Å²) in [6.45, 7) is 7.79. The quantitative estimate of drug-likeness (QED) is 0.811. The highest BCUT2D eigenvalue weighted by atomic mass is 35.5. The predicted molar refractivity (Wildman–Crippen MR) is 97.6 cm³/mol. The van der Waals surface area contributed by atoms with Crippen LogP contribution < -0.4 is 10.2 Å². The molecule has 0 atom stereocenters. The zero-order chi connectivity index (χ0) is 16.7. The van der Waals surface area contributed by atoms with Crippen LogP contribution in [0.1, 0.15) is 26.2 Å². The minimum absolute atomic E-state index is 0.168. The van der Waals surface area contributed by atoms with Gasteiger partial charge in [0.15, 0.2) is 0 Å². The van der Waals surface area contributed by atoms with Crippen molar-refractivity contribution >= 4 is 34.8 Å². The lowest BCUT2D eigenvalue weighted by Crippen LogP contribution is -2.46. The van der Waals surface area contributed by atoms with Crippen molar-refractivity contribution in [3.8, 4) is 0 Å². The lowest BCUT2D eigenvalue weighted by atomic mass is 10.2. The van der Waals surface area contributed by atoms with Gasteiger partial charge >= 0.3 is 0 Å². The van der Waals surface area contributed by atoms with Gasteiger partial charge in [-0.05, 0) is 37.6 Å². The number of halogens is 2. The van der Waals surface area contributed by atoms with E-state index in [2.05, 4.69) is 22.0 Å². The third kappa shape index (κ3) is 5.87. The fourth-order valence-electron chi connectivity index (χ4n) is 2.73. The van der Waals surface area contributed by atoms with Crippen LogP contribution >= 0.6 is 23.2 Å². The molecule has 4 nitrogen and oxygen atoms in total. The largest absolute Gasteiger partial charge is 0.369 e. The van der Waals surface area contributed by atoms with Crippen LogP contribution in [0.2, 0.25) is 10.0 Å². The maximum atomic E-state index is 11.6. The smallest absolute Gasteiger partial charge is 0.220 e. The number of hydrogen-bond acceptors (Lipinski definition) is 3. The Morgan fingerprint density at radius 2 is 1.91 bits per heavy atom. The molecule has 0 unspecified atom stereocenters. The summed E-state index contributed by atoms with van der Waals surface area (Å²) < 4.78 is 0. The van der Waals surface area contributed by atoms with E-state index in [0.717, 1.165) is 57.8 Å². The van der Waals surface area contributed by atoms with Crippen LogP contribution in [0.25, 0.3) is 0 Å². The van der Waals surface area contributed by atoms with Gasteiger partial charge in [0.1, 0.15) is 0 Å². The number of benzene rings is 1. The fourth-order valence-corrected chi connectivity index (χ4v) is 3.02. The van der Waals surface area contributed by atoms with E-state index >= 15 is 0 Å². The summed E-state index contributed by atoms with van der Waals surface area (Å²) in [6.07, 6.45) is 2.53. The van der Waals surface area contributed by atoms with Gasteiger partial charge in [-0.3, -0.25) is 9.69 Å². The molecular formula is C17H25Cl2N3O. The van der Waals surface area contributed by atoms with Crippen LogP contribution in [0.4, 0.5) is 5.69 Å². The van der Waals surface area contributed by atoms with Crippen LogP contribution in [0.15, 0.2) is 18.2 Å². The molecule has 1 fully saturated rings. The number of amides is 1. The SMILES string of the molecule is CCCNC(=O)CCCN1CCN(c2ccc(Cl)c(Cl)c2)CC1. The number of hydrogen-bond donors (Lipinski definition) is 1. The maximum absolute atomic E-state index is 11.6. The lowest BCUT2D eigenvalue weighted by Gasteiger charge is -2.36. The van der Waals surface area contributed by atoms with Gasteiger partial charge < -0.3 is 10.2 Å². The van der Waals surface area contributed by atoms with Gasteiger partial charge in [0.2, 0.25) is 5.91 Å². The first-order chi connectivity index (χ1) is 11.1. The van der Waals surface area contributed by atoms with Gasteiger partial charge in [-0.25, -0.2) is 0 Å². The van der Waals surface area contributed by atoms with Crippen LogP contribution in [0.3, 0.4) is 0 Å². The molecule has 1 amide bonds. The van der Waals surface area contributed by atoms with Gasteiger partial charge in [0.25, 0.3) is 0 Å². The average molecular weight is 358 g/mol. The average Bonchev–Trinajstić information content (AvgIpc) is 2.56. The molecule has 23 heavy (non-hydrogen) atoms. The van der Waals surface area contributed by atoms with E-state index in [4.69, 9.17) is 23.2 Å². The highest BCUT2D eigenvalue weighted by Gasteiger charge is 2.17. The zero-order valence-corrected chi connectivity index (χ0v) is 15.2. The first-order valence-electron chi connectivity index (χ1n) is 8.29. The predicted octanol–water partition coefficient (Wildman–Crippen LogP) is 3.42. The minimum Gasteiger partial charge on any atom is -0.369 e. The molecule has 0 radical (unpaired) electrons. The monoisotopic (exact) mass is 357 g/mol. The highest BCUT2D eigenvalue weighted by molar-refractivity contribution is 6.42. The highest BCUT2D eigenvalue weighted by Crippen LogP contribution is 2.27. The molecule has 0 saturated carbocycles. The Kier molecular flexibility index (Phi) is 7.47. The van der Waals surface area contributed by atoms with Crippen molar-refractivity contribution in [3.63, 3.8) is 0 Å². The van der Waals surface area contributed by atoms with Gasteiger partial charge in [0, 0.05) is 44.8 Å². The summed E-state index contributed by atoms with van der Waals surface area (Å²) in [5.74, 6) is 0.168. The Morgan fingerprint density at radius 3 is 2.57 bits per heavy atom. The molecule has 1 aliphatic rings. The van der Waals surface area contributed by atoms with E-state index in [1.807, 2.05) is 18.2 Å². The lowest BCUT2D eigenvalue weighted by molar-refractivity contribution is -0.121. The number of rotatable bonds is 7. The Labute approximate surface area is 148 Å². The van der Waals surface area contributed by atoms with E-state index in [1.54, 1.807) is 0 Å². The van der Waals surface area contributed by atoms with E-state index in [1.165, 1.54) is 0 Å². The van der Waals surface area contributed by atoms with Crippen molar-refractivity contribution in [3.05, 3.63) is 28.2 Å². The van der Waals surface area contributed by atoms with Crippen LogP contribution in [0, 0.1) is 0 Å². The maximum Gasteiger partial charge on any atom is 0.220 e. The minimum atomic E-state index is 0.168. The normalized spacial score (nSPS) is 15.7. The van der Waals surface area contributed by atoms with Crippen LogP contribution in [-0.2, 0) is 4.79 Å². The number of piperazine rings is 1. The second-order valence-electron chi connectivity index (χ2n) is 5.88. The van der Waals surface area contributed by atoms with Gasteiger partial charge in [-0.2, -0.15) is 0 Å². The molecular weight excluding hydrogens is 333 g/mol. The molecule has 6 heteroatoms. The summed E-state index contributed by atoms with van der Waals surface area (Å²) in [5, 5.41) is 4.11. The van der Waals surface area contributed by atoms with E-state index in [0.29, 0.717) is 16.5 Å². The number of nitrogens with one attached hydrogen (secondary N) is 1. The Morgan fingerprint density at radius 1 is 1.17 bits per heavy atom. The van der Waals surface area contributed by atoms with Crippen molar-refractivity contribution in [2.45, 2.75) is 26.2 Å². The van der Waals surface area contributed by atoms with Crippen molar-refractivity contribution in [2.24, 2.45) is 0 Å². The first-order valence-corrected chi connectivity index (χ1v) is 9.05. The number of carbonyl (C=O) groups is 1. The zero-order valence-electron chi connectivity index (χ0n) is 13.7. The molecule has 0 bridgehead atoms. The Bertz CT molecular complexity index is 517. The third-order valence-corrected chi connectivity index (χ3v) is 4.83. The van der Waals surface area contributed by atoms with Gasteiger partial charge in [-0.15, -0.1) is 0 Å². The summed E-state index contributed by atoms with van der Waals surface area (Å²) in [7, 11) is 0. The topological polar surface area (TPSA) is 35.6 Å². The second-order valence-corrected chi connectivity index (χ2v) is 6.70. The molecule has 1 aromatic rings. The molecule has 1 N–H and O–H groups in total. The van der Waals surface area contributed by atoms with Crippen LogP contribution in [0.5, 0.6) is 0 Å². The van der Waals surface area contributed by atoms with Crippen molar-refractivity contribution in [1.29, 1.82) is 0 Å². The summed E-state index contributed by atoms with van der Waals surface area (Å²) in [4.78, 5) is 16.3. The summed E-state index contributed by atoms with van der Waals surface area (Å²) >= 11 is 12.1. The molecule has 1 aliphatic heterocycles. The van der Waals surface area contributed by atoms with Crippen molar-refractivity contribution in [2.75, 3.05) is 44.2 Å². The first kappa shape index (κ1) is 18.4. The molecule has 128 valence electrons. The molecule has 2 rings (SSSR count). The molecule has 1 aromatic carbocycles. The van der Waals surface area contributed by atoms with E-state index < -0.39 is 0 Å². The Balaban J connectivity index is 1.69. The second kappa shape index (κ2) is 9.36. The summed E-state index contributed by atoms with van der Waals surface area (Å²) in [5.41, 5.74) is 1.12.